The third kappa shape index (κ3) is 4.75. The Morgan fingerprint density at radius 3 is 2.48 bits per heavy atom. The predicted octanol–water partition coefficient (Wildman–Crippen LogP) is 3.46. The van der Waals surface area contributed by atoms with E-state index in [2.05, 4.69) is 17.2 Å². The number of nitrogens with zero attached hydrogens (tertiary/aromatic N) is 1. The quantitative estimate of drug-likeness (QED) is 0.882. The zero-order valence-electron chi connectivity index (χ0n) is 12.0. The molecule has 0 saturated carbocycles. The van der Waals surface area contributed by atoms with Gasteiger partial charge in [0, 0.05) is 28.8 Å². The van der Waals surface area contributed by atoms with Gasteiger partial charge in [-0.3, -0.25) is 0 Å². The maximum absolute atomic E-state index is 11.4. The maximum atomic E-state index is 11.4. The highest BCUT2D eigenvalue weighted by Gasteiger charge is 2.07. The second kappa shape index (κ2) is 6.95. The molecule has 0 spiro atoms. The van der Waals surface area contributed by atoms with Crippen LogP contribution in [-0.2, 0) is 9.84 Å². The Balaban J connectivity index is 2.11. The van der Waals surface area contributed by atoms with Crippen molar-refractivity contribution in [3.63, 3.8) is 0 Å². The van der Waals surface area contributed by atoms with Gasteiger partial charge < -0.3 is 5.32 Å². The van der Waals surface area contributed by atoms with Crippen molar-refractivity contribution in [2.45, 2.75) is 28.0 Å². The fourth-order valence-electron chi connectivity index (χ4n) is 1.72. The summed E-state index contributed by atoms with van der Waals surface area (Å²) in [4.78, 5) is 6.66. The molecule has 21 heavy (non-hydrogen) atoms. The molecule has 0 radical (unpaired) electrons. The van der Waals surface area contributed by atoms with Crippen LogP contribution in [0.3, 0.4) is 0 Å². The van der Waals surface area contributed by atoms with Crippen LogP contribution >= 0.6 is 11.8 Å². The summed E-state index contributed by atoms with van der Waals surface area (Å²) < 4.78 is 22.8. The lowest BCUT2D eigenvalue weighted by Crippen LogP contribution is -2.01. The van der Waals surface area contributed by atoms with E-state index in [0.29, 0.717) is 4.90 Å². The zero-order valence-corrected chi connectivity index (χ0v) is 13.7. The van der Waals surface area contributed by atoms with Gasteiger partial charge in [-0.2, -0.15) is 0 Å². The highest BCUT2D eigenvalue weighted by atomic mass is 32.2. The van der Waals surface area contributed by atoms with Gasteiger partial charge in [-0.1, -0.05) is 18.7 Å². The van der Waals surface area contributed by atoms with Crippen LogP contribution in [0.2, 0.25) is 0 Å². The fraction of sp³-hybridized carbons (Fsp3) is 0.267. The van der Waals surface area contributed by atoms with E-state index in [1.807, 2.05) is 24.3 Å². The zero-order chi connectivity index (χ0) is 15.3. The molecule has 0 saturated heterocycles. The van der Waals surface area contributed by atoms with Crippen LogP contribution in [0.1, 0.15) is 13.3 Å². The fourth-order valence-corrected chi connectivity index (χ4v) is 3.19. The molecule has 112 valence electrons. The number of aromatic nitrogens is 1. The van der Waals surface area contributed by atoms with Crippen molar-refractivity contribution in [2.24, 2.45) is 0 Å². The first-order valence-electron chi connectivity index (χ1n) is 6.67. The third-order valence-electron chi connectivity index (χ3n) is 2.78. The van der Waals surface area contributed by atoms with Gasteiger partial charge in [-0.05, 0) is 42.8 Å². The molecule has 1 N–H and O–H groups in total. The number of rotatable bonds is 6. The molecule has 0 fully saturated rings. The van der Waals surface area contributed by atoms with Crippen LogP contribution in [0, 0.1) is 0 Å². The molecule has 0 amide bonds. The largest absolute Gasteiger partial charge is 0.370 e. The van der Waals surface area contributed by atoms with Gasteiger partial charge in [0.25, 0.3) is 0 Å². The van der Waals surface area contributed by atoms with Crippen molar-refractivity contribution in [3.05, 3.63) is 42.6 Å². The lowest BCUT2D eigenvalue weighted by atomic mass is 10.4. The average molecular weight is 322 g/mol. The Morgan fingerprint density at radius 2 is 1.86 bits per heavy atom. The van der Waals surface area contributed by atoms with Gasteiger partial charge in [0.1, 0.15) is 5.82 Å². The van der Waals surface area contributed by atoms with E-state index >= 15 is 0 Å². The minimum absolute atomic E-state index is 0.340. The summed E-state index contributed by atoms with van der Waals surface area (Å²) in [5.74, 6) is 0.856. The molecule has 1 heterocycles. The number of anilines is 1. The molecule has 1 aromatic heterocycles. The third-order valence-corrected chi connectivity index (χ3v) is 4.90. The number of sulfone groups is 1. The Hall–Kier alpha value is -1.53. The van der Waals surface area contributed by atoms with Gasteiger partial charge in [-0.25, -0.2) is 13.4 Å². The Labute approximate surface area is 129 Å². The standard InChI is InChI=1S/C15H18N2O2S2/c1-3-9-16-15-11-13(8-10-17-15)20-12-4-6-14(7-5-12)21(2,18)19/h4-8,10-11H,3,9H2,1-2H3,(H,16,17). The summed E-state index contributed by atoms with van der Waals surface area (Å²) in [6.07, 6.45) is 4.03. The molecule has 2 rings (SSSR count). The van der Waals surface area contributed by atoms with Crippen LogP contribution in [0.15, 0.2) is 57.3 Å². The minimum Gasteiger partial charge on any atom is -0.370 e. The molecule has 4 nitrogen and oxygen atoms in total. The van der Waals surface area contributed by atoms with E-state index in [1.165, 1.54) is 6.26 Å². The monoisotopic (exact) mass is 322 g/mol. The van der Waals surface area contributed by atoms with E-state index in [9.17, 15) is 8.42 Å². The average Bonchev–Trinajstić information content (AvgIpc) is 2.45. The number of pyridine rings is 1. The molecular formula is C15H18N2O2S2. The molecule has 0 unspecified atom stereocenters. The number of benzene rings is 1. The van der Waals surface area contributed by atoms with Crippen molar-refractivity contribution >= 4 is 27.4 Å². The lowest BCUT2D eigenvalue weighted by molar-refractivity contribution is 0.602. The Kier molecular flexibility index (Phi) is 5.25. The first kappa shape index (κ1) is 15.9. The summed E-state index contributed by atoms with van der Waals surface area (Å²) in [5.41, 5.74) is 0. The van der Waals surface area contributed by atoms with Crippen LogP contribution in [-0.4, -0.2) is 26.2 Å². The smallest absolute Gasteiger partial charge is 0.175 e. The van der Waals surface area contributed by atoms with Crippen LogP contribution in [0.4, 0.5) is 5.82 Å². The van der Waals surface area contributed by atoms with Crippen molar-refractivity contribution in [1.29, 1.82) is 0 Å². The molecule has 0 aliphatic carbocycles. The second-order valence-electron chi connectivity index (χ2n) is 4.65. The van der Waals surface area contributed by atoms with Gasteiger partial charge in [0.05, 0.1) is 4.90 Å². The molecule has 0 bridgehead atoms. The molecule has 6 heteroatoms. The van der Waals surface area contributed by atoms with Gasteiger partial charge in [0.2, 0.25) is 0 Å². The number of hydrogen-bond acceptors (Lipinski definition) is 5. The van der Waals surface area contributed by atoms with E-state index in [-0.39, 0.29) is 0 Å². The van der Waals surface area contributed by atoms with Crippen molar-refractivity contribution < 1.29 is 8.42 Å². The van der Waals surface area contributed by atoms with Gasteiger partial charge in [0.15, 0.2) is 9.84 Å². The topological polar surface area (TPSA) is 59.1 Å². The highest BCUT2D eigenvalue weighted by molar-refractivity contribution is 7.99. The molecule has 2 aromatic rings. The molecule has 0 atom stereocenters. The molecule has 0 aliphatic heterocycles. The number of nitrogens with one attached hydrogen (secondary N) is 1. The summed E-state index contributed by atoms with van der Waals surface area (Å²) in [6.45, 7) is 3.00. The maximum Gasteiger partial charge on any atom is 0.175 e. The Morgan fingerprint density at radius 1 is 1.14 bits per heavy atom. The predicted molar refractivity (Wildman–Crippen MR) is 86.7 cm³/mol. The van der Waals surface area contributed by atoms with E-state index in [4.69, 9.17) is 0 Å². The summed E-state index contributed by atoms with van der Waals surface area (Å²) >= 11 is 1.58. The van der Waals surface area contributed by atoms with Crippen LogP contribution in [0.5, 0.6) is 0 Å². The summed E-state index contributed by atoms with van der Waals surface area (Å²) in [5, 5.41) is 3.25. The summed E-state index contributed by atoms with van der Waals surface area (Å²) in [7, 11) is -3.14. The highest BCUT2D eigenvalue weighted by Crippen LogP contribution is 2.29. The van der Waals surface area contributed by atoms with E-state index in [1.54, 1.807) is 30.1 Å². The summed E-state index contributed by atoms with van der Waals surface area (Å²) in [6, 6.07) is 10.8. The SMILES string of the molecule is CCCNc1cc(Sc2ccc(S(C)(=O)=O)cc2)ccn1. The van der Waals surface area contributed by atoms with Gasteiger partial charge in [-0.15, -0.1) is 0 Å². The van der Waals surface area contributed by atoms with E-state index in [0.717, 1.165) is 28.6 Å². The van der Waals surface area contributed by atoms with Crippen LogP contribution < -0.4 is 5.32 Å². The molecule has 1 aromatic carbocycles. The number of hydrogen-bond donors (Lipinski definition) is 1. The normalized spacial score (nSPS) is 11.3. The lowest BCUT2D eigenvalue weighted by Gasteiger charge is -2.06. The molecular weight excluding hydrogens is 304 g/mol. The van der Waals surface area contributed by atoms with Gasteiger partial charge >= 0.3 is 0 Å². The van der Waals surface area contributed by atoms with Crippen molar-refractivity contribution in [1.82, 2.24) is 4.98 Å². The van der Waals surface area contributed by atoms with Crippen molar-refractivity contribution in [3.8, 4) is 0 Å². The van der Waals surface area contributed by atoms with Crippen LogP contribution in [0.25, 0.3) is 0 Å². The first-order valence-corrected chi connectivity index (χ1v) is 9.38. The Bertz CT molecular complexity index is 698. The minimum atomic E-state index is -3.14. The van der Waals surface area contributed by atoms with E-state index < -0.39 is 9.84 Å². The first-order chi connectivity index (χ1) is 9.99. The second-order valence-corrected chi connectivity index (χ2v) is 7.81. The van der Waals surface area contributed by atoms with Crippen molar-refractivity contribution in [2.75, 3.05) is 18.1 Å². The molecule has 0 aliphatic rings.